The first-order valence-corrected chi connectivity index (χ1v) is 7.26. The van der Waals surface area contributed by atoms with Crippen LogP contribution in [0.4, 0.5) is 0 Å². The van der Waals surface area contributed by atoms with Gasteiger partial charge >= 0.3 is 0 Å². The highest BCUT2D eigenvalue weighted by molar-refractivity contribution is 7.99. The van der Waals surface area contributed by atoms with Crippen molar-refractivity contribution < 1.29 is 4.79 Å². The zero-order valence-corrected chi connectivity index (χ0v) is 11.5. The lowest BCUT2D eigenvalue weighted by Gasteiger charge is -2.13. The Hall–Kier alpha value is -1.25. The van der Waals surface area contributed by atoms with Crippen LogP contribution in [-0.4, -0.2) is 12.0 Å². The molecule has 2 rings (SSSR count). The van der Waals surface area contributed by atoms with Gasteiger partial charge in [0, 0.05) is 10.6 Å². The van der Waals surface area contributed by atoms with Crippen molar-refractivity contribution in [2.45, 2.75) is 5.25 Å². The number of benzene rings is 2. The summed E-state index contributed by atoms with van der Waals surface area (Å²) in [4.78, 5) is 12.4. The first-order chi connectivity index (χ1) is 8.72. The van der Waals surface area contributed by atoms with E-state index in [1.54, 1.807) is 0 Å². The summed E-state index contributed by atoms with van der Waals surface area (Å²) in [6.45, 7) is 0. The smallest absolute Gasteiger partial charge is 0.180 e. The topological polar surface area (TPSA) is 17.1 Å². The van der Waals surface area contributed by atoms with Crippen molar-refractivity contribution >= 4 is 29.1 Å². The lowest BCUT2D eigenvalue weighted by atomic mass is 10.0. The van der Waals surface area contributed by atoms with Crippen LogP contribution in [0, 0.1) is 0 Å². The van der Waals surface area contributed by atoms with E-state index in [1.165, 1.54) is 11.8 Å². The van der Waals surface area contributed by atoms with Crippen LogP contribution < -0.4 is 0 Å². The molecule has 2 aromatic rings. The molecule has 0 aliphatic rings. The zero-order valence-electron chi connectivity index (χ0n) is 9.97. The van der Waals surface area contributed by atoms with E-state index in [0.29, 0.717) is 5.02 Å². The molecule has 0 amide bonds. The lowest BCUT2D eigenvalue weighted by Crippen LogP contribution is -2.09. The predicted molar refractivity (Wildman–Crippen MR) is 78.5 cm³/mol. The lowest BCUT2D eigenvalue weighted by molar-refractivity contribution is 0.0989. The zero-order chi connectivity index (χ0) is 13.0. The Morgan fingerprint density at radius 1 is 1.06 bits per heavy atom. The summed E-state index contributed by atoms with van der Waals surface area (Å²) in [6, 6.07) is 16.8. The van der Waals surface area contributed by atoms with E-state index in [-0.39, 0.29) is 11.0 Å². The minimum Gasteiger partial charge on any atom is -0.293 e. The van der Waals surface area contributed by atoms with Gasteiger partial charge in [-0.3, -0.25) is 4.79 Å². The molecule has 0 aliphatic carbocycles. The molecule has 0 spiro atoms. The summed E-state index contributed by atoms with van der Waals surface area (Å²) < 4.78 is 0. The van der Waals surface area contributed by atoms with Crippen molar-refractivity contribution in [3.05, 3.63) is 70.7 Å². The van der Waals surface area contributed by atoms with E-state index in [0.717, 1.165) is 11.1 Å². The van der Waals surface area contributed by atoms with Crippen molar-refractivity contribution in [3.8, 4) is 0 Å². The number of Topliss-reactive ketones (excluding diaryl/α,β-unsaturated/α-hetero) is 1. The molecular formula is C15H13ClOS. The molecule has 0 saturated carbocycles. The highest BCUT2D eigenvalue weighted by atomic mass is 35.5. The Balaban J connectivity index is 2.29. The van der Waals surface area contributed by atoms with Gasteiger partial charge in [-0.15, -0.1) is 11.8 Å². The number of halogens is 1. The Bertz CT molecular complexity index is 522. The second kappa shape index (κ2) is 6.07. The molecule has 1 nitrogen and oxygen atoms in total. The number of carbonyl (C=O) groups is 1. The Labute approximate surface area is 116 Å². The van der Waals surface area contributed by atoms with Gasteiger partial charge in [0.1, 0.15) is 0 Å². The van der Waals surface area contributed by atoms with Gasteiger partial charge < -0.3 is 0 Å². The van der Waals surface area contributed by atoms with E-state index < -0.39 is 0 Å². The third-order valence-corrected chi connectivity index (χ3v) is 3.91. The number of rotatable bonds is 4. The van der Waals surface area contributed by atoms with E-state index in [2.05, 4.69) is 0 Å². The van der Waals surface area contributed by atoms with Crippen LogP contribution in [0.15, 0.2) is 54.6 Å². The van der Waals surface area contributed by atoms with E-state index >= 15 is 0 Å². The number of hydrogen-bond donors (Lipinski definition) is 0. The molecule has 92 valence electrons. The highest BCUT2D eigenvalue weighted by Crippen LogP contribution is 2.31. The monoisotopic (exact) mass is 276 g/mol. The van der Waals surface area contributed by atoms with Gasteiger partial charge in [0.15, 0.2) is 5.78 Å². The van der Waals surface area contributed by atoms with Gasteiger partial charge in [0.2, 0.25) is 0 Å². The Kier molecular flexibility index (Phi) is 4.45. The molecule has 0 heterocycles. The van der Waals surface area contributed by atoms with Gasteiger partial charge in [-0.1, -0.05) is 54.1 Å². The summed E-state index contributed by atoms with van der Waals surface area (Å²) in [6.07, 6.45) is 1.94. The second-order valence-electron chi connectivity index (χ2n) is 3.90. The largest absolute Gasteiger partial charge is 0.293 e. The minimum atomic E-state index is -0.176. The number of ketones is 1. The summed E-state index contributed by atoms with van der Waals surface area (Å²) in [5.74, 6) is 0.130. The average molecular weight is 277 g/mol. The van der Waals surface area contributed by atoms with Crippen LogP contribution in [0.5, 0.6) is 0 Å². The van der Waals surface area contributed by atoms with Gasteiger partial charge in [-0.05, 0) is 24.0 Å². The first-order valence-electron chi connectivity index (χ1n) is 5.60. The quantitative estimate of drug-likeness (QED) is 0.758. The second-order valence-corrected chi connectivity index (χ2v) is 5.28. The number of thioether (sulfide) groups is 1. The average Bonchev–Trinajstić information content (AvgIpc) is 2.42. The molecule has 0 fully saturated rings. The van der Waals surface area contributed by atoms with Gasteiger partial charge in [-0.25, -0.2) is 0 Å². The van der Waals surface area contributed by atoms with E-state index in [4.69, 9.17) is 11.6 Å². The van der Waals surface area contributed by atoms with Gasteiger partial charge in [0.25, 0.3) is 0 Å². The maximum atomic E-state index is 12.4. The maximum Gasteiger partial charge on any atom is 0.180 e. The molecule has 1 unspecified atom stereocenters. The summed E-state index contributed by atoms with van der Waals surface area (Å²) in [7, 11) is 0. The van der Waals surface area contributed by atoms with E-state index in [9.17, 15) is 4.79 Å². The Morgan fingerprint density at radius 3 is 2.22 bits per heavy atom. The summed E-state index contributed by atoms with van der Waals surface area (Å²) in [5.41, 5.74) is 1.73. The molecule has 3 heteroatoms. The fourth-order valence-electron chi connectivity index (χ4n) is 1.79. The molecule has 1 atom stereocenters. The fraction of sp³-hybridized carbons (Fsp3) is 0.133. The van der Waals surface area contributed by atoms with Crippen molar-refractivity contribution in [1.29, 1.82) is 0 Å². The highest BCUT2D eigenvalue weighted by Gasteiger charge is 2.20. The van der Waals surface area contributed by atoms with Crippen LogP contribution in [0.25, 0.3) is 0 Å². The summed E-state index contributed by atoms with van der Waals surface area (Å²) >= 11 is 7.40. The molecular weight excluding hydrogens is 264 g/mol. The maximum absolute atomic E-state index is 12.4. The fourth-order valence-corrected chi connectivity index (χ4v) is 2.69. The molecule has 0 bridgehead atoms. The minimum absolute atomic E-state index is 0.130. The van der Waals surface area contributed by atoms with E-state index in [1.807, 2.05) is 60.9 Å². The molecule has 0 aliphatic heterocycles. The normalized spacial score (nSPS) is 12.1. The molecule has 0 radical (unpaired) electrons. The molecule has 0 N–H and O–H groups in total. The van der Waals surface area contributed by atoms with Crippen molar-refractivity contribution in [2.75, 3.05) is 6.26 Å². The van der Waals surface area contributed by atoms with Crippen molar-refractivity contribution in [3.63, 3.8) is 0 Å². The van der Waals surface area contributed by atoms with Crippen LogP contribution in [0.2, 0.25) is 5.02 Å². The number of carbonyl (C=O) groups excluding carboxylic acids is 1. The SMILES string of the molecule is CSC(C(=O)c1ccccc1)c1ccc(Cl)cc1. The molecule has 2 aromatic carbocycles. The summed E-state index contributed by atoms with van der Waals surface area (Å²) in [5, 5.41) is 0.510. The van der Waals surface area contributed by atoms with Crippen LogP contribution in [-0.2, 0) is 0 Å². The predicted octanol–water partition coefficient (Wildman–Crippen LogP) is 4.63. The third-order valence-electron chi connectivity index (χ3n) is 2.70. The molecule has 0 saturated heterocycles. The molecule has 0 aromatic heterocycles. The van der Waals surface area contributed by atoms with Crippen molar-refractivity contribution in [1.82, 2.24) is 0 Å². The molecule has 18 heavy (non-hydrogen) atoms. The third kappa shape index (κ3) is 2.95. The van der Waals surface area contributed by atoms with Gasteiger partial charge in [0.05, 0.1) is 5.25 Å². The van der Waals surface area contributed by atoms with Crippen LogP contribution in [0.3, 0.4) is 0 Å². The first kappa shape index (κ1) is 13.2. The number of hydrogen-bond acceptors (Lipinski definition) is 2. The van der Waals surface area contributed by atoms with Crippen LogP contribution in [0.1, 0.15) is 21.2 Å². The van der Waals surface area contributed by atoms with Gasteiger partial charge in [-0.2, -0.15) is 0 Å². The standard InChI is InChI=1S/C15H13ClOS/c1-18-15(12-7-9-13(16)10-8-12)14(17)11-5-3-2-4-6-11/h2-10,15H,1H3. The van der Waals surface area contributed by atoms with Crippen molar-refractivity contribution in [2.24, 2.45) is 0 Å². The van der Waals surface area contributed by atoms with Crippen LogP contribution >= 0.6 is 23.4 Å². The Morgan fingerprint density at radius 2 is 1.67 bits per heavy atom.